The van der Waals surface area contributed by atoms with Crippen LogP contribution in [0.1, 0.15) is 12.5 Å². The molecule has 1 fully saturated rings. The second kappa shape index (κ2) is 3.54. The highest BCUT2D eigenvalue weighted by Crippen LogP contribution is 2.25. The predicted molar refractivity (Wildman–Crippen MR) is 63.5 cm³/mol. The molecule has 78 valence electrons. The Morgan fingerprint density at radius 3 is 3.07 bits per heavy atom. The smallest absolute Gasteiger partial charge is 0.0484 e. The zero-order valence-electron chi connectivity index (χ0n) is 8.41. The molecule has 1 N–H and O–H groups in total. The molecule has 3 heteroatoms. The number of fused-ring (bicyclic) bond motifs is 1. The van der Waals surface area contributed by atoms with Gasteiger partial charge >= 0.3 is 0 Å². The third kappa shape index (κ3) is 1.54. The average molecular weight is 221 g/mol. The van der Waals surface area contributed by atoms with Crippen molar-refractivity contribution < 1.29 is 0 Å². The summed E-state index contributed by atoms with van der Waals surface area (Å²) in [6, 6.07) is 8.83. The summed E-state index contributed by atoms with van der Waals surface area (Å²) in [7, 11) is 0. The van der Waals surface area contributed by atoms with Crippen LogP contribution in [-0.2, 0) is 0 Å². The molecule has 0 aliphatic carbocycles. The van der Waals surface area contributed by atoms with E-state index in [4.69, 9.17) is 11.6 Å². The number of halogens is 1. The number of nitrogens with zero attached hydrogens (tertiary/aromatic N) is 1. The molecule has 1 aliphatic heterocycles. The third-order valence-corrected chi connectivity index (χ3v) is 3.35. The van der Waals surface area contributed by atoms with Gasteiger partial charge in [-0.05, 0) is 37.2 Å². The highest BCUT2D eigenvalue weighted by molar-refractivity contribution is 6.31. The van der Waals surface area contributed by atoms with Crippen molar-refractivity contribution in [1.82, 2.24) is 9.88 Å². The Balaban J connectivity index is 2.11. The number of aromatic nitrogens is 1. The zero-order valence-corrected chi connectivity index (χ0v) is 9.17. The van der Waals surface area contributed by atoms with E-state index < -0.39 is 0 Å². The normalized spacial score (nSPS) is 21.3. The Kier molecular flexibility index (Phi) is 2.19. The molecule has 0 bridgehead atoms. The van der Waals surface area contributed by atoms with Crippen LogP contribution < -0.4 is 5.32 Å². The molecule has 0 radical (unpaired) electrons. The number of rotatable bonds is 1. The fourth-order valence-corrected chi connectivity index (χ4v) is 2.51. The first-order valence-corrected chi connectivity index (χ1v) is 5.69. The molecule has 1 saturated heterocycles. The van der Waals surface area contributed by atoms with Crippen LogP contribution in [0.25, 0.3) is 10.9 Å². The first-order valence-electron chi connectivity index (χ1n) is 5.31. The van der Waals surface area contributed by atoms with Gasteiger partial charge in [0.2, 0.25) is 0 Å². The summed E-state index contributed by atoms with van der Waals surface area (Å²) >= 11 is 5.97. The molecular weight excluding hydrogens is 208 g/mol. The van der Waals surface area contributed by atoms with Gasteiger partial charge in [-0.3, -0.25) is 0 Å². The largest absolute Gasteiger partial charge is 0.343 e. The van der Waals surface area contributed by atoms with Gasteiger partial charge in [0, 0.05) is 34.7 Å². The van der Waals surface area contributed by atoms with E-state index in [0.717, 1.165) is 18.1 Å². The predicted octanol–water partition coefficient (Wildman–Crippen LogP) is 2.83. The Labute approximate surface area is 93.8 Å². The minimum Gasteiger partial charge on any atom is -0.343 e. The quantitative estimate of drug-likeness (QED) is 0.782. The highest BCUT2D eigenvalue weighted by atomic mass is 35.5. The van der Waals surface area contributed by atoms with E-state index >= 15 is 0 Å². The summed E-state index contributed by atoms with van der Waals surface area (Å²) in [6.07, 6.45) is 3.38. The van der Waals surface area contributed by atoms with Crippen LogP contribution in [0.15, 0.2) is 30.5 Å². The molecule has 2 nitrogen and oxygen atoms in total. The molecule has 1 aromatic carbocycles. The third-order valence-electron chi connectivity index (χ3n) is 3.11. The molecule has 3 rings (SSSR count). The Bertz CT molecular complexity index is 483. The van der Waals surface area contributed by atoms with Gasteiger partial charge < -0.3 is 9.88 Å². The molecule has 1 unspecified atom stereocenters. The van der Waals surface area contributed by atoms with Crippen LogP contribution in [0.2, 0.25) is 5.02 Å². The topological polar surface area (TPSA) is 17.0 Å². The minimum absolute atomic E-state index is 0.601. The maximum absolute atomic E-state index is 5.97. The maximum Gasteiger partial charge on any atom is 0.0484 e. The van der Waals surface area contributed by atoms with Gasteiger partial charge in [-0.15, -0.1) is 0 Å². The fourth-order valence-electron chi connectivity index (χ4n) is 2.33. The monoisotopic (exact) mass is 220 g/mol. The van der Waals surface area contributed by atoms with E-state index in [1.807, 2.05) is 12.1 Å². The van der Waals surface area contributed by atoms with E-state index in [-0.39, 0.29) is 0 Å². The summed E-state index contributed by atoms with van der Waals surface area (Å²) < 4.78 is 2.35. The second-order valence-electron chi connectivity index (χ2n) is 4.07. The molecule has 2 aromatic rings. The van der Waals surface area contributed by atoms with Crippen LogP contribution >= 0.6 is 11.6 Å². The van der Waals surface area contributed by atoms with Crippen molar-refractivity contribution in [2.75, 3.05) is 13.1 Å². The number of benzene rings is 1. The number of hydrogen-bond donors (Lipinski definition) is 1. The van der Waals surface area contributed by atoms with Crippen LogP contribution in [-0.4, -0.2) is 17.7 Å². The SMILES string of the molecule is Clc1ccc2c(ccn2C2CCNC2)c1. The van der Waals surface area contributed by atoms with E-state index in [9.17, 15) is 0 Å². The lowest BCUT2D eigenvalue weighted by atomic mass is 10.2. The minimum atomic E-state index is 0.601. The first kappa shape index (κ1) is 9.25. The van der Waals surface area contributed by atoms with Crippen LogP contribution in [0.4, 0.5) is 0 Å². The Morgan fingerprint density at radius 2 is 2.27 bits per heavy atom. The second-order valence-corrected chi connectivity index (χ2v) is 4.51. The average Bonchev–Trinajstić information content (AvgIpc) is 2.82. The Morgan fingerprint density at radius 1 is 1.33 bits per heavy atom. The number of hydrogen-bond acceptors (Lipinski definition) is 1. The molecule has 0 amide bonds. The zero-order chi connectivity index (χ0) is 10.3. The van der Waals surface area contributed by atoms with Gasteiger partial charge in [-0.2, -0.15) is 0 Å². The molecule has 1 aliphatic rings. The molecular formula is C12H13ClN2. The van der Waals surface area contributed by atoms with Crippen molar-refractivity contribution in [3.8, 4) is 0 Å². The van der Waals surface area contributed by atoms with Crippen LogP contribution in [0.3, 0.4) is 0 Å². The summed E-state index contributed by atoms with van der Waals surface area (Å²) in [5.74, 6) is 0. The molecule has 1 aromatic heterocycles. The molecule has 0 spiro atoms. The molecule has 2 heterocycles. The van der Waals surface area contributed by atoms with Crippen molar-refractivity contribution in [3.05, 3.63) is 35.5 Å². The first-order chi connectivity index (χ1) is 7.34. The van der Waals surface area contributed by atoms with Gasteiger partial charge in [0.15, 0.2) is 0 Å². The van der Waals surface area contributed by atoms with E-state index in [0.29, 0.717) is 6.04 Å². The lowest BCUT2D eigenvalue weighted by Gasteiger charge is -2.12. The van der Waals surface area contributed by atoms with Gasteiger partial charge in [-0.25, -0.2) is 0 Å². The standard InChI is InChI=1S/C12H13ClN2/c13-10-1-2-12-9(7-10)4-6-15(12)11-3-5-14-8-11/h1-2,4,6-7,11,14H,3,5,8H2. The van der Waals surface area contributed by atoms with E-state index in [2.05, 4.69) is 28.2 Å². The van der Waals surface area contributed by atoms with Crippen molar-refractivity contribution in [1.29, 1.82) is 0 Å². The molecule has 1 atom stereocenters. The van der Waals surface area contributed by atoms with Gasteiger partial charge in [0.25, 0.3) is 0 Å². The summed E-state index contributed by atoms with van der Waals surface area (Å²) in [6.45, 7) is 2.20. The highest BCUT2D eigenvalue weighted by Gasteiger charge is 2.17. The lowest BCUT2D eigenvalue weighted by Crippen LogP contribution is -2.12. The van der Waals surface area contributed by atoms with Gasteiger partial charge in [-0.1, -0.05) is 11.6 Å². The van der Waals surface area contributed by atoms with Gasteiger partial charge in [0.05, 0.1) is 0 Å². The lowest BCUT2D eigenvalue weighted by molar-refractivity contribution is 0.565. The maximum atomic E-state index is 5.97. The van der Waals surface area contributed by atoms with Crippen LogP contribution in [0, 0.1) is 0 Å². The van der Waals surface area contributed by atoms with Gasteiger partial charge in [0.1, 0.15) is 0 Å². The van der Waals surface area contributed by atoms with E-state index in [1.54, 1.807) is 0 Å². The van der Waals surface area contributed by atoms with Crippen molar-refractivity contribution in [2.45, 2.75) is 12.5 Å². The van der Waals surface area contributed by atoms with Crippen molar-refractivity contribution >= 4 is 22.5 Å². The van der Waals surface area contributed by atoms with Crippen molar-refractivity contribution in [3.63, 3.8) is 0 Å². The number of nitrogens with one attached hydrogen (secondary N) is 1. The fraction of sp³-hybridized carbons (Fsp3) is 0.333. The van der Waals surface area contributed by atoms with Crippen molar-refractivity contribution in [2.24, 2.45) is 0 Å². The molecule has 0 saturated carbocycles. The summed E-state index contributed by atoms with van der Waals surface area (Å²) in [5.41, 5.74) is 1.29. The van der Waals surface area contributed by atoms with E-state index in [1.165, 1.54) is 17.3 Å². The Hall–Kier alpha value is -0.990. The summed E-state index contributed by atoms with van der Waals surface area (Å²) in [5, 5.41) is 5.43. The van der Waals surface area contributed by atoms with Crippen LogP contribution in [0.5, 0.6) is 0 Å². The summed E-state index contributed by atoms with van der Waals surface area (Å²) in [4.78, 5) is 0. The molecule has 15 heavy (non-hydrogen) atoms.